The number of hydrogen-bond donors (Lipinski definition) is 3. The van der Waals surface area contributed by atoms with Gasteiger partial charge in [-0.3, -0.25) is 10.1 Å². The molecule has 2 aromatic heterocycles. The SMILES string of the molecule is Cc1nc(Nc2ncc(CC(=O)Nc3cccc(F)c3)s2)nc(Nc2ccccc2C)n1. The highest BCUT2D eigenvalue weighted by molar-refractivity contribution is 7.15. The number of carbonyl (C=O) groups is 1. The molecular weight excluding hydrogens is 429 g/mol. The van der Waals surface area contributed by atoms with E-state index in [0.717, 1.165) is 16.1 Å². The maximum absolute atomic E-state index is 13.3. The van der Waals surface area contributed by atoms with E-state index in [0.29, 0.717) is 28.5 Å². The smallest absolute Gasteiger partial charge is 0.234 e. The summed E-state index contributed by atoms with van der Waals surface area (Å²) in [6, 6.07) is 13.6. The lowest BCUT2D eigenvalue weighted by Crippen LogP contribution is -2.13. The Balaban J connectivity index is 1.41. The molecule has 10 heteroatoms. The van der Waals surface area contributed by atoms with E-state index in [-0.39, 0.29) is 12.3 Å². The summed E-state index contributed by atoms with van der Waals surface area (Å²) in [5.41, 5.74) is 2.39. The van der Waals surface area contributed by atoms with Gasteiger partial charge in [0.05, 0.1) is 6.42 Å². The fourth-order valence-electron chi connectivity index (χ4n) is 2.90. The van der Waals surface area contributed by atoms with E-state index < -0.39 is 5.82 Å². The molecule has 2 aromatic carbocycles. The van der Waals surface area contributed by atoms with Gasteiger partial charge in [-0.1, -0.05) is 24.3 Å². The van der Waals surface area contributed by atoms with E-state index in [1.54, 1.807) is 25.3 Å². The molecular formula is C22H20FN7OS. The first-order valence-corrected chi connectivity index (χ1v) is 10.6. The maximum atomic E-state index is 13.3. The molecule has 0 saturated heterocycles. The van der Waals surface area contributed by atoms with Gasteiger partial charge in [0.25, 0.3) is 0 Å². The Bertz CT molecular complexity index is 1260. The van der Waals surface area contributed by atoms with Gasteiger partial charge in [0.1, 0.15) is 11.6 Å². The van der Waals surface area contributed by atoms with Crippen LogP contribution < -0.4 is 16.0 Å². The van der Waals surface area contributed by atoms with Gasteiger partial charge in [-0.2, -0.15) is 15.0 Å². The van der Waals surface area contributed by atoms with Crippen LogP contribution in [0.15, 0.2) is 54.7 Å². The van der Waals surface area contributed by atoms with Crippen molar-refractivity contribution in [3.63, 3.8) is 0 Å². The molecule has 3 N–H and O–H groups in total. The normalized spacial score (nSPS) is 10.6. The van der Waals surface area contributed by atoms with Crippen molar-refractivity contribution in [2.24, 2.45) is 0 Å². The van der Waals surface area contributed by atoms with Crippen LogP contribution >= 0.6 is 11.3 Å². The van der Waals surface area contributed by atoms with Crippen molar-refractivity contribution < 1.29 is 9.18 Å². The highest BCUT2D eigenvalue weighted by Crippen LogP contribution is 2.23. The maximum Gasteiger partial charge on any atom is 0.234 e. The summed E-state index contributed by atoms with van der Waals surface area (Å²) >= 11 is 1.31. The molecule has 0 aliphatic rings. The third kappa shape index (κ3) is 5.61. The molecule has 4 aromatic rings. The third-order valence-electron chi connectivity index (χ3n) is 4.35. The average Bonchev–Trinajstić information content (AvgIpc) is 3.15. The van der Waals surface area contributed by atoms with Crippen LogP contribution in [-0.4, -0.2) is 25.8 Å². The standard InChI is InChI=1S/C22H20FN7OS/c1-13-6-3-4-9-18(13)28-20-25-14(2)26-21(29-20)30-22-24-12-17(32-22)11-19(31)27-16-8-5-7-15(23)10-16/h3-10,12H,11H2,1-2H3,(H,27,31)(H2,24,25,26,28,29,30). The lowest BCUT2D eigenvalue weighted by atomic mass is 10.2. The zero-order chi connectivity index (χ0) is 22.5. The second-order valence-electron chi connectivity index (χ2n) is 6.96. The Morgan fingerprint density at radius 3 is 2.56 bits per heavy atom. The minimum Gasteiger partial charge on any atom is -0.326 e. The van der Waals surface area contributed by atoms with Gasteiger partial charge in [-0.15, -0.1) is 11.3 Å². The number of para-hydroxylation sites is 1. The van der Waals surface area contributed by atoms with Gasteiger partial charge in [0, 0.05) is 22.4 Å². The number of carbonyl (C=O) groups excluding carboxylic acids is 1. The van der Waals surface area contributed by atoms with Gasteiger partial charge < -0.3 is 10.6 Å². The highest BCUT2D eigenvalue weighted by Gasteiger charge is 2.11. The highest BCUT2D eigenvalue weighted by atomic mass is 32.1. The molecule has 0 spiro atoms. The van der Waals surface area contributed by atoms with Crippen LogP contribution in [-0.2, 0) is 11.2 Å². The van der Waals surface area contributed by atoms with Crippen molar-refractivity contribution in [2.75, 3.05) is 16.0 Å². The number of anilines is 5. The van der Waals surface area contributed by atoms with Gasteiger partial charge in [0.15, 0.2) is 5.13 Å². The second-order valence-corrected chi connectivity index (χ2v) is 8.08. The zero-order valence-electron chi connectivity index (χ0n) is 17.4. The van der Waals surface area contributed by atoms with Crippen molar-refractivity contribution in [1.29, 1.82) is 0 Å². The van der Waals surface area contributed by atoms with Crippen molar-refractivity contribution in [3.8, 4) is 0 Å². The van der Waals surface area contributed by atoms with Crippen LogP contribution in [0.5, 0.6) is 0 Å². The fourth-order valence-corrected chi connectivity index (χ4v) is 3.70. The van der Waals surface area contributed by atoms with E-state index in [4.69, 9.17) is 0 Å². The third-order valence-corrected chi connectivity index (χ3v) is 5.27. The first kappa shape index (κ1) is 21.3. The summed E-state index contributed by atoms with van der Waals surface area (Å²) in [5, 5.41) is 9.48. The van der Waals surface area contributed by atoms with Crippen LogP contribution in [0.2, 0.25) is 0 Å². The van der Waals surface area contributed by atoms with E-state index >= 15 is 0 Å². The van der Waals surface area contributed by atoms with Crippen molar-refractivity contribution >= 4 is 45.6 Å². The Morgan fingerprint density at radius 1 is 1.00 bits per heavy atom. The van der Waals surface area contributed by atoms with Crippen LogP contribution in [0.1, 0.15) is 16.3 Å². The Labute approximate surface area is 188 Å². The van der Waals surface area contributed by atoms with E-state index in [1.807, 2.05) is 31.2 Å². The van der Waals surface area contributed by atoms with Crippen molar-refractivity contribution in [1.82, 2.24) is 19.9 Å². The summed E-state index contributed by atoms with van der Waals surface area (Å²) in [6.07, 6.45) is 1.73. The number of amides is 1. The number of rotatable bonds is 7. The number of hydrogen-bond acceptors (Lipinski definition) is 8. The summed E-state index contributed by atoms with van der Waals surface area (Å²) in [4.78, 5) is 30.3. The van der Waals surface area contributed by atoms with E-state index in [2.05, 4.69) is 35.9 Å². The summed E-state index contributed by atoms with van der Waals surface area (Å²) in [7, 11) is 0. The Hall–Kier alpha value is -3.92. The number of nitrogens with zero attached hydrogens (tertiary/aromatic N) is 4. The molecule has 32 heavy (non-hydrogen) atoms. The molecule has 0 fully saturated rings. The quantitative estimate of drug-likeness (QED) is 0.374. The molecule has 4 rings (SSSR count). The number of benzene rings is 2. The lowest BCUT2D eigenvalue weighted by molar-refractivity contribution is -0.115. The molecule has 0 aliphatic heterocycles. The molecule has 0 aliphatic carbocycles. The van der Waals surface area contributed by atoms with Gasteiger partial charge in [0.2, 0.25) is 17.8 Å². The lowest BCUT2D eigenvalue weighted by Gasteiger charge is -2.09. The largest absolute Gasteiger partial charge is 0.326 e. The molecule has 8 nitrogen and oxygen atoms in total. The second kappa shape index (κ2) is 9.48. The minimum atomic E-state index is -0.406. The summed E-state index contributed by atoms with van der Waals surface area (Å²) in [6.45, 7) is 3.77. The summed E-state index contributed by atoms with van der Waals surface area (Å²) in [5.74, 6) is 0.645. The summed E-state index contributed by atoms with van der Waals surface area (Å²) < 4.78 is 13.3. The number of nitrogens with one attached hydrogen (secondary N) is 3. The predicted molar refractivity (Wildman–Crippen MR) is 123 cm³/mol. The van der Waals surface area contributed by atoms with Crippen LogP contribution in [0.4, 0.5) is 32.8 Å². The number of aryl methyl sites for hydroxylation is 2. The zero-order valence-corrected chi connectivity index (χ0v) is 18.2. The van der Waals surface area contributed by atoms with Gasteiger partial charge in [-0.05, 0) is 43.7 Å². The minimum absolute atomic E-state index is 0.117. The van der Waals surface area contributed by atoms with E-state index in [9.17, 15) is 9.18 Å². The van der Waals surface area contributed by atoms with Crippen LogP contribution in [0.25, 0.3) is 0 Å². The number of thiazole rings is 1. The first-order chi connectivity index (χ1) is 15.4. The fraction of sp³-hybridized carbons (Fsp3) is 0.136. The predicted octanol–water partition coefficient (Wildman–Crippen LogP) is 4.75. The van der Waals surface area contributed by atoms with E-state index in [1.165, 1.54) is 23.5 Å². The van der Waals surface area contributed by atoms with Crippen molar-refractivity contribution in [2.45, 2.75) is 20.3 Å². The average molecular weight is 450 g/mol. The van der Waals surface area contributed by atoms with Crippen molar-refractivity contribution in [3.05, 3.63) is 76.8 Å². The molecule has 0 saturated carbocycles. The molecule has 1 amide bonds. The molecule has 162 valence electrons. The number of halogens is 1. The molecule has 0 unspecified atom stereocenters. The Kier molecular flexibility index (Phi) is 6.31. The topological polar surface area (TPSA) is 105 Å². The number of aromatic nitrogens is 4. The molecule has 0 bridgehead atoms. The van der Waals surface area contributed by atoms with Gasteiger partial charge in [-0.25, -0.2) is 9.37 Å². The van der Waals surface area contributed by atoms with Crippen LogP contribution in [0, 0.1) is 19.7 Å². The molecule has 0 atom stereocenters. The Morgan fingerprint density at radius 2 is 1.78 bits per heavy atom. The monoisotopic (exact) mass is 449 g/mol. The molecule has 2 heterocycles. The molecule has 0 radical (unpaired) electrons. The van der Waals surface area contributed by atoms with Crippen LogP contribution in [0.3, 0.4) is 0 Å². The first-order valence-electron chi connectivity index (χ1n) is 9.77. The van der Waals surface area contributed by atoms with Gasteiger partial charge >= 0.3 is 0 Å².